The van der Waals surface area contributed by atoms with Gasteiger partial charge in [-0.3, -0.25) is 4.79 Å². The Morgan fingerprint density at radius 3 is 2.47 bits per heavy atom. The van der Waals surface area contributed by atoms with Gasteiger partial charge >= 0.3 is 5.97 Å². The summed E-state index contributed by atoms with van der Waals surface area (Å²) in [6.07, 6.45) is 0. The molecule has 1 amide bonds. The summed E-state index contributed by atoms with van der Waals surface area (Å²) in [6, 6.07) is 11.5. The van der Waals surface area contributed by atoms with Crippen molar-refractivity contribution < 1.29 is 27.5 Å². The molecular weight excluding hydrogens is 523 g/mol. The number of hydrogen-bond donors (Lipinski definition) is 1. The normalized spacial score (nSPS) is 14.9. The van der Waals surface area contributed by atoms with Crippen LogP contribution in [0.5, 0.6) is 0 Å². The van der Waals surface area contributed by atoms with Gasteiger partial charge in [0.25, 0.3) is 5.91 Å². The van der Waals surface area contributed by atoms with Crippen LogP contribution in [-0.2, 0) is 24.3 Å². The van der Waals surface area contributed by atoms with E-state index < -0.39 is 28.5 Å². The van der Waals surface area contributed by atoms with Crippen LogP contribution in [0.4, 0.5) is 5.69 Å². The van der Waals surface area contributed by atoms with Crippen LogP contribution in [-0.4, -0.2) is 57.5 Å². The lowest BCUT2D eigenvalue weighted by Crippen LogP contribution is -2.40. The number of nitrogens with zero attached hydrogens (tertiary/aromatic N) is 1. The van der Waals surface area contributed by atoms with Gasteiger partial charge in [0.2, 0.25) is 10.0 Å². The minimum absolute atomic E-state index is 0.0437. The third-order valence-corrected chi connectivity index (χ3v) is 7.23. The first-order valence-electron chi connectivity index (χ1n) is 9.18. The number of benzene rings is 2. The minimum atomic E-state index is -3.76. The van der Waals surface area contributed by atoms with Gasteiger partial charge in [0, 0.05) is 22.3 Å². The van der Waals surface area contributed by atoms with Gasteiger partial charge in [-0.1, -0.05) is 6.07 Å². The van der Waals surface area contributed by atoms with Gasteiger partial charge in [-0.2, -0.15) is 4.31 Å². The van der Waals surface area contributed by atoms with Gasteiger partial charge in [-0.15, -0.1) is 0 Å². The lowest BCUT2D eigenvalue weighted by molar-refractivity contribution is -0.119. The number of carbonyl (C=O) groups excluding carboxylic acids is 2. The molecular formula is C20H21IN2O6S. The second-order valence-corrected chi connectivity index (χ2v) is 9.78. The molecule has 1 N–H and O–H groups in total. The molecule has 1 aliphatic rings. The Labute approximate surface area is 188 Å². The topological polar surface area (TPSA) is 102 Å². The van der Waals surface area contributed by atoms with Crippen molar-refractivity contribution >= 4 is 50.2 Å². The van der Waals surface area contributed by atoms with Crippen molar-refractivity contribution in [2.75, 3.05) is 38.2 Å². The third kappa shape index (κ3) is 5.56. The summed E-state index contributed by atoms with van der Waals surface area (Å²) >= 11 is 2.15. The monoisotopic (exact) mass is 544 g/mol. The zero-order valence-corrected chi connectivity index (χ0v) is 19.2. The highest BCUT2D eigenvalue weighted by Gasteiger charge is 2.28. The number of morpholine rings is 1. The molecule has 30 heavy (non-hydrogen) atoms. The van der Waals surface area contributed by atoms with Crippen LogP contribution < -0.4 is 5.32 Å². The first-order valence-corrected chi connectivity index (χ1v) is 11.7. The number of halogens is 1. The van der Waals surface area contributed by atoms with Crippen LogP contribution in [0.1, 0.15) is 15.9 Å². The predicted octanol–water partition coefficient (Wildman–Crippen LogP) is 2.42. The van der Waals surface area contributed by atoms with Crippen LogP contribution in [0, 0.1) is 10.5 Å². The molecule has 2 aromatic rings. The van der Waals surface area contributed by atoms with E-state index in [0.29, 0.717) is 24.5 Å². The lowest BCUT2D eigenvalue weighted by Gasteiger charge is -2.26. The van der Waals surface area contributed by atoms with Crippen LogP contribution >= 0.6 is 22.6 Å². The number of ether oxygens (including phenoxy) is 2. The van der Waals surface area contributed by atoms with Crippen LogP contribution in [0.25, 0.3) is 0 Å². The molecule has 0 bridgehead atoms. The van der Waals surface area contributed by atoms with Crippen molar-refractivity contribution in [3.8, 4) is 0 Å². The summed E-state index contributed by atoms with van der Waals surface area (Å²) < 4.78 is 38.5. The fraction of sp³-hybridized carbons (Fsp3) is 0.300. The number of amides is 1. The molecule has 0 saturated carbocycles. The van der Waals surface area contributed by atoms with Crippen molar-refractivity contribution in [2.24, 2.45) is 0 Å². The number of esters is 1. The average molecular weight is 544 g/mol. The summed E-state index contributed by atoms with van der Waals surface area (Å²) in [7, 11) is -3.76. The van der Waals surface area contributed by atoms with Crippen molar-refractivity contribution in [2.45, 2.75) is 11.8 Å². The molecule has 0 atom stereocenters. The molecule has 2 aromatic carbocycles. The summed E-state index contributed by atoms with van der Waals surface area (Å²) in [6.45, 7) is 2.36. The summed E-state index contributed by atoms with van der Waals surface area (Å²) in [5.74, 6) is -1.26. The molecule has 1 heterocycles. The third-order valence-electron chi connectivity index (χ3n) is 4.47. The number of rotatable bonds is 6. The molecule has 0 aromatic heterocycles. The Balaban J connectivity index is 1.67. The second-order valence-electron chi connectivity index (χ2n) is 6.63. The van der Waals surface area contributed by atoms with Gasteiger partial charge in [0.1, 0.15) is 0 Å². The maximum Gasteiger partial charge on any atom is 0.338 e. The van der Waals surface area contributed by atoms with Crippen LogP contribution in [0.2, 0.25) is 0 Å². The number of carbonyl (C=O) groups is 2. The Kier molecular flexibility index (Phi) is 7.45. The fourth-order valence-electron chi connectivity index (χ4n) is 2.88. The first-order chi connectivity index (χ1) is 14.3. The van der Waals surface area contributed by atoms with Crippen LogP contribution in [0.3, 0.4) is 0 Å². The SMILES string of the molecule is Cc1ccc(C(=O)OCC(=O)Nc2ccc(I)cc2)cc1S(=O)(=O)N1CCOCC1. The number of nitrogens with one attached hydrogen (secondary N) is 1. The summed E-state index contributed by atoms with van der Waals surface area (Å²) in [5, 5.41) is 2.63. The van der Waals surface area contributed by atoms with E-state index in [1.54, 1.807) is 25.1 Å². The van der Waals surface area contributed by atoms with Gasteiger partial charge in [-0.25, -0.2) is 13.2 Å². The minimum Gasteiger partial charge on any atom is -0.452 e. The van der Waals surface area contributed by atoms with Crippen molar-refractivity contribution in [1.82, 2.24) is 4.31 Å². The first kappa shape index (κ1) is 22.7. The fourth-order valence-corrected chi connectivity index (χ4v) is 4.89. The second kappa shape index (κ2) is 9.86. The van der Waals surface area contributed by atoms with E-state index in [1.807, 2.05) is 12.1 Å². The standard InChI is InChI=1S/C20H21IN2O6S/c1-14-2-3-15(12-18(14)30(26,27)23-8-10-28-11-9-23)20(25)29-13-19(24)22-17-6-4-16(21)5-7-17/h2-7,12H,8-11,13H2,1H3,(H,22,24). The number of aryl methyl sites for hydroxylation is 1. The molecule has 1 fully saturated rings. The average Bonchev–Trinajstić information content (AvgIpc) is 2.74. The number of anilines is 1. The Hall–Kier alpha value is -2.02. The summed E-state index contributed by atoms with van der Waals surface area (Å²) in [4.78, 5) is 24.4. The van der Waals surface area contributed by atoms with Gasteiger partial charge in [-0.05, 0) is 71.5 Å². The van der Waals surface area contributed by atoms with Crippen molar-refractivity contribution in [1.29, 1.82) is 0 Å². The Bertz CT molecular complexity index is 1030. The Morgan fingerprint density at radius 2 is 1.80 bits per heavy atom. The number of hydrogen-bond acceptors (Lipinski definition) is 6. The van der Waals surface area contributed by atoms with Crippen LogP contribution in [0.15, 0.2) is 47.4 Å². The molecule has 0 unspecified atom stereocenters. The quantitative estimate of drug-likeness (QED) is 0.443. The zero-order chi connectivity index (χ0) is 21.7. The molecule has 8 nitrogen and oxygen atoms in total. The van der Waals surface area contributed by atoms with E-state index in [2.05, 4.69) is 27.9 Å². The highest BCUT2D eigenvalue weighted by molar-refractivity contribution is 14.1. The maximum atomic E-state index is 12.9. The van der Waals surface area contributed by atoms with Crippen molar-refractivity contribution in [3.05, 3.63) is 57.2 Å². The van der Waals surface area contributed by atoms with E-state index in [4.69, 9.17) is 9.47 Å². The molecule has 1 saturated heterocycles. The van der Waals surface area contributed by atoms with E-state index in [9.17, 15) is 18.0 Å². The van der Waals surface area contributed by atoms with Gasteiger partial charge in [0.05, 0.1) is 23.7 Å². The molecule has 10 heteroatoms. The Morgan fingerprint density at radius 1 is 1.13 bits per heavy atom. The highest BCUT2D eigenvalue weighted by atomic mass is 127. The molecule has 0 spiro atoms. The largest absolute Gasteiger partial charge is 0.452 e. The smallest absolute Gasteiger partial charge is 0.338 e. The molecule has 0 aliphatic carbocycles. The highest BCUT2D eigenvalue weighted by Crippen LogP contribution is 2.22. The van der Waals surface area contributed by atoms with E-state index >= 15 is 0 Å². The molecule has 0 radical (unpaired) electrons. The van der Waals surface area contributed by atoms with E-state index in [-0.39, 0.29) is 23.5 Å². The molecule has 1 aliphatic heterocycles. The molecule has 160 valence electrons. The van der Waals surface area contributed by atoms with Crippen molar-refractivity contribution in [3.63, 3.8) is 0 Å². The predicted molar refractivity (Wildman–Crippen MR) is 119 cm³/mol. The molecule has 3 rings (SSSR count). The summed E-state index contributed by atoms with van der Waals surface area (Å²) in [5.41, 5.74) is 1.18. The van der Waals surface area contributed by atoms with E-state index in [1.165, 1.54) is 16.4 Å². The maximum absolute atomic E-state index is 12.9. The zero-order valence-electron chi connectivity index (χ0n) is 16.3. The number of sulfonamides is 1. The van der Waals surface area contributed by atoms with E-state index in [0.717, 1.165) is 3.57 Å². The lowest BCUT2D eigenvalue weighted by atomic mass is 10.1. The van der Waals surface area contributed by atoms with Gasteiger partial charge in [0.15, 0.2) is 6.61 Å². The van der Waals surface area contributed by atoms with Gasteiger partial charge < -0.3 is 14.8 Å².